The summed E-state index contributed by atoms with van der Waals surface area (Å²) < 4.78 is 5.64. The van der Waals surface area contributed by atoms with Crippen molar-refractivity contribution < 1.29 is 9.84 Å². The molecule has 1 heterocycles. The van der Waals surface area contributed by atoms with Crippen LogP contribution >= 0.6 is 17.0 Å². The molecule has 0 aliphatic carbocycles. The van der Waals surface area contributed by atoms with E-state index in [9.17, 15) is 5.11 Å². The second-order valence-electron chi connectivity index (χ2n) is 6.51. The molecular weight excluding hydrogens is 378 g/mol. The third-order valence-electron chi connectivity index (χ3n) is 4.72. The molecule has 0 amide bonds. The Morgan fingerprint density at radius 3 is 2.32 bits per heavy atom. The molecule has 0 aromatic heterocycles. The molecule has 0 radical (unpaired) electrons. The highest BCUT2D eigenvalue weighted by atomic mass is 79.9. The molecule has 1 unspecified atom stereocenters. The first-order valence-electron chi connectivity index (χ1n) is 8.29. The van der Waals surface area contributed by atoms with Crippen molar-refractivity contribution in [2.24, 2.45) is 0 Å². The van der Waals surface area contributed by atoms with E-state index < -0.39 is 5.79 Å². The Labute approximate surface area is 158 Å². The molecule has 3 aromatic rings. The van der Waals surface area contributed by atoms with E-state index in [1.54, 1.807) is 0 Å². The van der Waals surface area contributed by atoms with Gasteiger partial charge in [0.05, 0.1) is 13.2 Å². The van der Waals surface area contributed by atoms with Gasteiger partial charge in [-0.3, -0.25) is 4.90 Å². The zero-order valence-electron chi connectivity index (χ0n) is 14.2. The minimum absolute atomic E-state index is 0. The van der Waals surface area contributed by atoms with Gasteiger partial charge in [-0.1, -0.05) is 60.7 Å². The van der Waals surface area contributed by atoms with E-state index in [0.717, 1.165) is 17.7 Å². The molecule has 25 heavy (non-hydrogen) atoms. The van der Waals surface area contributed by atoms with Gasteiger partial charge in [0.1, 0.15) is 0 Å². The summed E-state index contributed by atoms with van der Waals surface area (Å²) in [5, 5.41) is 13.2. The van der Waals surface area contributed by atoms with Crippen LogP contribution in [0.4, 0.5) is 0 Å². The van der Waals surface area contributed by atoms with Gasteiger partial charge in [-0.05, 0) is 35.0 Å². The Balaban J connectivity index is 0.00000182. The molecule has 4 heteroatoms. The zero-order chi connectivity index (χ0) is 16.6. The molecule has 1 atom stereocenters. The van der Waals surface area contributed by atoms with Crippen molar-refractivity contribution in [3.8, 4) is 11.1 Å². The number of hydrogen-bond donors (Lipinski definition) is 1. The zero-order valence-corrected chi connectivity index (χ0v) is 15.9. The first kappa shape index (κ1) is 18.1. The minimum Gasteiger partial charge on any atom is -0.361 e. The largest absolute Gasteiger partial charge is 0.361 e. The lowest BCUT2D eigenvalue weighted by molar-refractivity contribution is -0.245. The van der Waals surface area contributed by atoms with Crippen molar-refractivity contribution >= 4 is 27.8 Å². The maximum Gasteiger partial charge on any atom is 0.205 e. The average molecular weight is 400 g/mol. The van der Waals surface area contributed by atoms with Crippen LogP contribution in [0.1, 0.15) is 5.56 Å². The van der Waals surface area contributed by atoms with Crippen LogP contribution in [0.2, 0.25) is 0 Å². The number of likely N-dealkylation sites (N-methyl/N-ethyl adjacent to an activating group) is 1. The maximum atomic E-state index is 10.8. The van der Waals surface area contributed by atoms with E-state index in [1.807, 2.05) is 19.2 Å². The van der Waals surface area contributed by atoms with Crippen LogP contribution in [0, 0.1) is 0 Å². The molecule has 1 N–H and O–H groups in total. The quantitative estimate of drug-likeness (QED) is 0.700. The Kier molecular flexibility index (Phi) is 5.25. The topological polar surface area (TPSA) is 32.7 Å². The standard InChI is InChI=1S/C21H21NO2.BrH/c1-22-12-13-24-21(23,15-22)20-10-8-17(9-11-20)19-7-6-16-4-2-3-5-18(16)14-19;/h2-11,14,23H,12-13,15H2,1H3;1H. The van der Waals surface area contributed by atoms with Crippen LogP contribution < -0.4 is 0 Å². The number of β-amino-alcohol motifs (C(OH)–C–C–N with tert-alkyl or cyclic N) is 1. The highest BCUT2D eigenvalue weighted by Crippen LogP contribution is 2.30. The van der Waals surface area contributed by atoms with Crippen LogP contribution in [0.5, 0.6) is 0 Å². The number of halogens is 1. The van der Waals surface area contributed by atoms with Gasteiger partial charge in [0.15, 0.2) is 0 Å². The van der Waals surface area contributed by atoms with E-state index in [1.165, 1.54) is 16.3 Å². The highest BCUT2D eigenvalue weighted by molar-refractivity contribution is 8.93. The summed E-state index contributed by atoms with van der Waals surface area (Å²) in [5.74, 6) is -1.21. The van der Waals surface area contributed by atoms with Crippen molar-refractivity contribution in [1.82, 2.24) is 4.90 Å². The molecule has 130 valence electrons. The third kappa shape index (κ3) is 3.62. The number of morpholine rings is 1. The number of hydrogen-bond acceptors (Lipinski definition) is 3. The first-order chi connectivity index (χ1) is 11.6. The molecule has 4 rings (SSSR count). The fraction of sp³-hybridized carbons (Fsp3) is 0.238. The fourth-order valence-electron chi connectivity index (χ4n) is 3.33. The van der Waals surface area contributed by atoms with E-state index in [2.05, 4.69) is 59.5 Å². The van der Waals surface area contributed by atoms with Crippen molar-refractivity contribution in [1.29, 1.82) is 0 Å². The Bertz CT molecular complexity index is 865. The molecule has 1 aliphatic rings. The summed E-state index contributed by atoms with van der Waals surface area (Å²) in [7, 11) is 2.00. The number of fused-ring (bicyclic) bond motifs is 1. The predicted octanol–water partition coefficient (Wildman–Crippen LogP) is 4.19. The second kappa shape index (κ2) is 7.26. The van der Waals surface area contributed by atoms with Gasteiger partial charge in [0.25, 0.3) is 0 Å². The van der Waals surface area contributed by atoms with Crippen LogP contribution in [0.15, 0.2) is 66.7 Å². The summed E-state index contributed by atoms with van der Waals surface area (Å²) in [6.07, 6.45) is 0. The van der Waals surface area contributed by atoms with Gasteiger partial charge in [0.2, 0.25) is 5.79 Å². The molecule has 3 nitrogen and oxygen atoms in total. The van der Waals surface area contributed by atoms with E-state index >= 15 is 0 Å². The molecule has 1 fully saturated rings. The second-order valence-corrected chi connectivity index (χ2v) is 6.51. The summed E-state index contributed by atoms with van der Waals surface area (Å²) in [4.78, 5) is 2.08. The van der Waals surface area contributed by atoms with Crippen LogP contribution in [-0.4, -0.2) is 36.8 Å². The average Bonchev–Trinajstić information content (AvgIpc) is 2.61. The SMILES string of the molecule is Br.CN1CCOC(O)(c2ccc(-c3ccc4ccccc4c3)cc2)C1. The molecule has 1 saturated heterocycles. The molecule has 0 bridgehead atoms. The van der Waals surface area contributed by atoms with Crippen LogP contribution in [0.25, 0.3) is 21.9 Å². The normalized spacial score (nSPS) is 21.0. The smallest absolute Gasteiger partial charge is 0.205 e. The summed E-state index contributed by atoms with van der Waals surface area (Å²) in [5.41, 5.74) is 3.12. The molecule has 1 aliphatic heterocycles. The molecule has 3 aromatic carbocycles. The number of aliphatic hydroxyl groups is 1. The maximum absolute atomic E-state index is 10.8. The lowest BCUT2D eigenvalue weighted by atomic mass is 9.97. The van der Waals surface area contributed by atoms with Crippen molar-refractivity contribution in [2.45, 2.75) is 5.79 Å². The summed E-state index contributed by atoms with van der Waals surface area (Å²) in [6.45, 7) is 1.87. The van der Waals surface area contributed by atoms with Crippen LogP contribution in [-0.2, 0) is 10.5 Å². The van der Waals surface area contributed by atoms with Crippen molar-refractivity contribution in [3.05, 3.63) is 72.3 Å². The minimum atomic E-state index is -1.21. The number of rotatable bonds is 2. The van der Waals surface area contributed by atoms with E-state index in [4.69, 9.17) is 4.74 Å². The monoisotopic (exact) mass is 399 g/mol. The number of ether oxygens (including phenoxy) is 1. The number of nitrogens with zero attached hydrogens (tertiary/aromatic N) is 1. The van der Waals surface area contributed by atoms with Gasteiger partial charge in [-0.15, -0.1) is 17.0 Å². The summed E-state index contributed by atoms with van der Waals surface area (Å²) >= 11 is 0. The number of benzene rings is 3. The molecular formula is C21H22BrNO2. The van der Waals surface area contributed by atoms with Crippen LogP contribution in [0.3, 0.4) is 0 Å². The Morgan fingerprint density at radius 1 is 0.920 bits per heavy atom. The van der Waals surface area contributed by atoms with Crippen molar-refractivity contribution in [2.75, 3.05) is 26.7 Å². The van der Waals surface area contributed by atoms with Gasteiger partial charge in [-0.25, -0.2) is 0 Å². The Morgan fingerprint density at radius 2 is 1.60 bits per heavy atom. The van der Waals surface area contributed by atoms with E-state index in [-0.39, 0.29) is 17.0 Å². The van der Waals surface area contributed by atoms with Gasteiger partial charge < -0.3 is 9.84 Å². The first-order valence-corrected chi connectivity index (χ1v) is 8.29. The molecule has 0 spiro atoms. The van der Waals surface area contributed by atoms with E-state index in [0.29, 0.717) is 13.2 Å². The predicted molar refractivity (Wildman–Crippen MR) is 107 cm³/mol. The summed E-state index contributed by atoms with van der Waals surface area (Å²) in [6, 6.07) is 22.9. The fourth-order valence-corrected chi connectivity index (χ4v) is 3.33. The van der Waals surface area contributed by atoms with Gasteiger partial charge in [-0.2, -0.15) is 0 Å². The van der Waals surface area contributed by atoms with Gasteiger partial charge >= 0.3 is 0 Å². The lowest BCUT2D eigenvalue weighted by Gasteiger charge is -2.37. The highest BCUT2D eigenvalue weighted by Gasteiger charge is 2.34. The van der Waals surface area contributed by atoms with Gasteiger partial charge in [0, 0.05) is 12.1 Å². The Hall–Kier alpha value is -1.72. The lowest BCUT2D eigenvalue weighted by Crippen LogP contribution is -2.48. The van der Waals surface area contributed by atoms with Crippen molar-refractivity contribution in [3.63, 3.8) is 0 Å². The molecule has 0 saturated carbocycles. The third-order valence-corrected chi connectivity index (χ3v) is 4.72.